The molecule has 2 aromatic carbocycles. The Bertz CT molecular complexity index is 483. The summed E-state index contributed by atoms with van der Waals surface area (Å²) in [4.78, 5) is 0. The predicted molar refractivity (Wildman–Crippen MR) is 66.8 cm³/mol. The molecule has 0 nitrogen and oxygen atoms in total. The van der Waals surface area contributed by atoms with E-state index in [-0.39, 0.29) is 5.82 Å². The van der Waals surface area contributed by atoms with Gasteiger partial charge in [0.25, 0.3) is 0 Å². The predicted octanol–water partition coefficient (Wildman–Crippen LogP) is 4.65. The number of hydrogen-bond acceptors (Lipinski definition) is 0. The van der Waals surface area contributed by atoms with Gasteiger partial charge in [0.2, 0.25) is 0 Å². The van der Waals surface area contributed by atoms with E-state index in [1.54, 1.807) is 18.2 Å². The van der Waals surface area contributed by atoms with E-state index in [0.717, 1.165) is 5.56 Å². The second kappa shape index (κ2) is 4.95. The summed E-state index contributed by atoms with van der Waals surface area (Å²) in [7, 11) is 0. The van der Waals surface area contributed by atoms with E-state index in [1.807, 2.05) is 36.4 Å². The van der Waals surface area contributed by atoms with Gasteiger partial charge in [-0.2, -0.15) is 0 Å². The third kappa shape index (κ3) is 2.50. The van der Waals surface area contributed by atoms with Gasteiger partial charge in [-0.15, -0.1) is 0 Å². The third-order valence-electron chi connectivity index (χ3n) is 2.24. The van der Waals surface area contributed by atoms with Gasteiger partial charge in [0, 0.05) is 5.56 Å². The zero-order chi connectivity index (χ0) is 11.4. The molecule has 2 rings (SSSR count). The van der Waals surface area contributed by atoms with Gasteiger partial charge in [-0.05, 0) is 23.8 Å². The third-order valence-corrected chi connectivity index (χ3v) is 2.57. The highest BCUT2D eigenvalue weighted by Gasteiger charge is 2.01. The molecule has 0 spiro atoms. The van der Waals surface area contributed by atoms with Crippen molar-refractivity contribution in [3.05, 3.63) is 70.5 Å². The molecule has 16 heavy (non-hydrogen) atoms. The number of halogens is 2. The highest BCUT2D eigenvalue weighted by Crippen LogP contribution is 2.21. The van der Waals surface area contributed by atoms with Gasteiger partial charge in [0.15, 0.2) is 0 Å². The molecule has 0 saturated carbocycles. The van der Waals surface area contributed by atoms with Gasteiger partial charge in [-0.25, -0.2) is 4.39 Å². The van der Waals surface area contributed by atoms with Crippen LogP contribution in [0.5, 0.6) is 0 Å². The molecule has 0 radical (unpaired) electrons. The summed E-state index contributed by atoms with van der Waals surface area (Å²) in [6.07, 6.45) is 3.53. The first kappa shape index (κ1) is 10.9. The normalized spacial score (nSPS) is 10.9. The Kier molecular flexibility index (Phi) is 3.37. The van der Waals surface area contributed by atoms with Crippen LogP contribution in [0.1, 0.15) is 11.1 Å². The van der Waals surface area contributed by atoms with Crippen LogP contribution in [0.25, 0.3) is 12.2 Å². The minimum Gasteiger partial charge on any atom is -0.206 e. The summed E-state index contributed by atoms with van der Waals surface area (Å²) >= 11 is 5.90. The van der Waals surface area contributed by atoms with Crippen LogP contribution in [-0.4, -0.2) is 0 Å². The van der Waals surface area contributed by atoms with Crippen LogP contribution in [0.2, 0.25) is 5.02 Å². The summed E-state index contributed by atoms with van der Waals surface area (Å²) in [5.41, 5.74) is 1.44. The second-order valence-corrected chi connectivity index (χ2v) is 3.79. The molecule has 0 heterocycles. The molecule has 0 saturated heterocycles. The molecule has 0 bridgehead atoms. The lowest BCUT2D eigenvalue weighted by molar-refractivity contribution is 0.625. The second-order valence-electron chi connectivity index (χ2n) is 3.38. The Balaban J connectivity index is 2.31. The van der Waals surface area contributed by atoms with E-state index >= 15 is 0 Å². The van der Waals surface area contributed by atoms with Crippen LogP contribution in [0.4, 0.5) is 4.39 Å². The first-order valence-corrected chi connectivity index (χ1v) is 5.32. The van der Waals surface area contributed by atoms with Crippen LogP contribution in [0, 0.1) is 5.82 Å². The average molecular weight is 233 g/mol. The maximum Gasteiger partial charge on any atom is 0.131 e. The molecule has 0 unspecified atom stereocenters. The summed E-state index contributed by atoms with van der Waals surface area (Å²) in [5.74, 6) is -0.306. The summed E-state index contributed by atoms with van der Waals surface area (Å²) in [6.45, 7) is 0. The highest BCUT2D eigenvalue weighted by atomic mass is 35.5. The Morgan fingerprint density at radius 2 is 1.62 bits per heavy atom. The fourth-order valence-electron chi connectivity index (χ4n) is 1.41. The van der Waals surface area contributed by atoms with Crippen LogP contribution in [0.15, 0.2) is 48.5 Å². The lowest BCUT2D eigenvalue weighted by atomic mass is 10.1. The smallest absolute Gasteiger partial charge is 0.131 e. The first-order valence-electron chi connectivity index (χ1n) is 4.94. The molecule has 0 atom stereocenters. The quantitative estimate of drug-likeness (QED) is 0.662. The minimum absolute atomic E-state index is 0.306. The first-order chi connectivity index (χ1) is 7.77. The van der Waals surface area contributed by atoms with Crippen molar-refractivity contribution < 1.29 is 4.39 Å². The van der Waals surface area contributed by atoms with Crippen molar-refractivity contribution in [2.45, 2.75) is 0 Å². The van der Waals surface area contributed by atoms with Crippen molar-refractivity contribution in [2.75, 3.05) is 0 Å². The maximum atomic E-state index is 13.4. The monoisotopic (exact) mass is 232 g/mol. The van der Waals surface area contributed by atoms with E-state index in [4.69, 9.17) is 11.6 Å². The Morgan fingerprint density at radius 1 is 0.875 bits per heavy atom. The van der Waals surface area contributed by atoms with Crippen LogP contribution >= 0.6 is 11.6 Å². The Labute approximate surface area is 99.0 Å². The van der Waals surface area contributed by atoms with Crippen molar-refractivity contribution in [1.29, 1.82) is 0 Å². The topological polar surface area (TPSA) is 0 Å². The number of rotatable bonds is 2. The molecule has 0 aliphatic carbocycles. The lowest BCUT2D eigenvalue weighted by Crippen LogP contribution is -1.82. The van der Waals surface area contributed by atoms with E-state index in [0.29, 0.717) is 10.6 Å². The Morgan fingerprint density at radius 3 is 2.31 bits per heavy atom. The Hall–Kier alpha value is -1.60. The van der Waals surface area contributed by atoms with Gasteiger partial charge in [0.1, 0.15) is 5.82 Å². The molecular weight excluding hydrogens is 223 g/mol. The molecule has 0 amide bonds. The van der Waals surface area contributed by atoms with Gasteiger partial charge in [0.05, 0.1) is 5.02 Å². The average Bonchev–Trinajstić information content (AvgIpc) is 2.30. The molecule has 0 fully saturated rings. The lowest BCUT2D eigenvalue weighted by Gasteiger charge is -1.99. The van der Waals surface area contributed by atoms with Gasteiger partial charge in [-0.1, -0.05) is 54.1 Å². The van der Waals surface area contributed by atoms with Gasteiger partial charge >= 0.3 is 0 Å². The van der Waals surface area contributed by atoms with Gasteiger partial charge < -0.3 is 0 Å². The molecule has 0 aliphatic rings. The minimum atomic E-state index is -0.306. The summed E-state index contributed by atoms with van der Waals surface area (Å²) < 4.78 is 13.4. The summed E-state index contributed by atoms with van der Waals surface area (Å²) in [6, 6.07) is 14.4. The van der Waals surface area contributed by atoms with Crippen LogP contribution < -0.4 is 0 Å². The van der Waals surface area contributed by atoms with Crippen LogP contribution in [-0.2, 0) is 0 Å². The van der Waals surface area contributed by atoms with E-state index in [2.05, 4.69) is 0 Å². The summed E-state index contributed by atoms with van der Waals surface area (Å²) in [5, 5.41) is 0.423. The largest absolute Gasteiger partial charge is 0.206 e. The van der Waals surface area contributed by atoms with Crippen molar-refractivity contribution in [3.8, 4) is 0 Å². The van der Waals surface area contributed by atoms with Crippen molar-refractivity contribution in [3.63, 3.8) is 0 Å². The zero-order valence-electron chi connectivity index (χ0n) is 8.53. The highest BCUT2D eigenvalue weighted by molar-refractivity contribution is 6.32. The van der Waals surface area contributed by atoms with E-state index in [1.165, 1.54) is 6.07 Å². The van der Waals surface area contributed by atoms with Crippen molar-refractivity contribution in [2.24, 2.45) is 0 Å². The fourth-order valence-corrected chi connectivity index (χ4v) is 1.64. The van der Waals surface area contributed by atoms with Gasteiger partial charge in [-0.3, -0.25) is 0 Å². The van der Waals surface area contributed by atoms with Crippen molar-refractivity contribution in [1.82, 2.24) is 0 Å². The molecule has 0 aliphatic heterocycles. The molecule has 2 heteroatoms. The maximum absolute atomic E-state index is 13.4. The van der Waals surface area contributed by atoms with Crippen molar-refractivity contribution >= 4 is 23.8 Å². The molecular formula is C14H10ClF. The zero-order valence-corrected chi connectivity index (χ0v) is 9.29. The van der Waals surface area contributed by atoms with E-state index in [9.17, 15) is 4.39 Å². The SMILES string of the molecule is Fc1cccc(Cl)c1/C=C/c1ccccc1. The molecule has 2 aromatic rings. The van der Waals surface area contributed by atoms with Crippen LogP contribution in [0.3, 0.4) is 0 Å². The number of benzene rings is 2. The standard InChI is InChI=1S/C14H10ClF/c15-13-7-4-8-14(16)12(13)10-9-11-5-2-1-3-6-11/h1-10H/b10-9+. The molecule has 80 valence electrons. The molecule has 0 N–H and O–H groups in total. The fraction of sp³-hybridized carbons (Fsp3) is 0. The van der Waals surface area contributed by atoms with E-state index < -0.39 is 0 Å². The molecule has 0 aromatic heterocycles. The number of hydrogen-bond donors (Lipinski definition) is 0.